The molecule has 5 heteroatoms. The predicted molar refractivity (Wildman–Crippen MR) is 78.9 cm³/mol. The number of hydrogen-bond donors (Lipinski definition) is 2. The fourth-order valence-electron chi connectivity index (χ4n) is 2.00. The SMILES string of the molecule is CCC(C)C(N)C(=O)Nc1ccc2c(c1)CCO2.Cl. The molecule has 0 saturated carbocycles. The predicted octanol–water partition coefficient (Wildman–Crippen LogP) is 2.36. The highest BCUT2D eigenvalue weighted by Crippen LogP contribution is 2.27. The Kier molecular flexibility index (Phi) is 5.63. The summed E-state index contributed by atoms with van der Waals surface area (Å²) in [6.07, 6.45) is 1.79. The number of carbonyl (C=O) groups is 1. The van der Waals surface area contributed by atoms with Gasteiger partial charge in [0, 0.05) is 12.1 Å². The number of ether oxygens (including phenoxy) is 1. The second-order valence-corrected chi connectivity index (χ2v) is 4.82. The van der Waals surface area contributed by atoms with Crippen molar-refractivity contribution in [2.24, 2.45) is 11.7 Å². The molecule has 2 rings (SSSR count). The Morgan fingerprint density at radius 3 is 2.95 bits per heavy atom. The van der Waals surface area contributed by atoms with Gasteiger partial charge in [-0.2, -0.15) is 0 Å². The molecule has 0 bridgehead atoms. The Hall–Kier alpha value is -1.26. The third-order valence-electron chi connectivity index (χ3n) is 3.52. The van der Waals surface area contributed by atoms with Gasteiger partial charge in [-0.3, -0.25) is 4.79 Å². The summed E-state index contributed by atoms with van der Waals surface area (Å²) in [5.41, 5.74) is 7.83. The van der Waals surface area contributed by atoms with Crippen LogP contribution in [0.4, 0.5) is 5.69 Å². The highest BCUT2D eigenvalue weighted by molar-refractivity contribution is 5.95. The highest BCUT2D eigenvalue weighted by Gasteiger charge is 2.20. The molecule has 3 N–H and O–H groups in total. The van der Waals surface area contributed by atoms with E-state index in [9.17, 15) is 4.79 Å². The monoisotopic (exact) mass is 284 g/mol. The van der Waals surface area contributed by atoms with Crippen molar-refractivity contribution in [2.45, 2.75) is 32.7 Å². The highest BCUT2D eigenvalue weighted by atomic mass is 35.5. The summed E-state index contributed by atoms with van der Waals surface area (Å²) in [7, 11) is 0. The number of anilines is 1. The molecule has 106 valence electrons. The summed E-state index contributed by atoms with van der Waals surface area (Å²) in [4.78, 5) is 11.9. The number of halogens is 1. The van der Waals surface area contributed by atoms with Crippen molar-refractivity contribution in [3.63, 3.8) is 0 Å². The number of carbonyl (C=O) groups excluding carboxylic acids is 1. The van der Waals surface area contributed by atoms with Crippen molar-refractivity contribution >= 4 is 24.0 Å². The van der Waals surface area contributed by atoms with Gasteiger partial charge in [0.05, 0.1) is 12.6 Å². The van der Waals surface area contributed by atoms with Crippen molar-refractivity contribution < 1.29 is 9.53 Å². The average Bonchev–Trinajstić information content (AvgIpc) is 2.84. The van der Waals surface area contributed by atoms with Crippen LogP contribution in [0.1, 0.15) is 25.8 Å². The van der Waals surface area contributed by atoms with Crippen LogP contribution in [0.2, 0.25) is 0 Å². The summed E-state index contributed by atoms with van der Waals surface area (Å²) in [5, 5.41) is 2.87. The van der Waals surface area contributed by atoms with Gasteiger partial charge in [-0.1, -0.05) is 20.3 Å². The van der Waals surface area contributed by atoms with E-state index in [0.717, 1.165) is 36.4 Å². The molecule has 0 radical (unpaired) electrons. The van der Waals surface area contributed by atoms with Gasteiger partial charge in [-0.15, -0.1) is 12.4 Å². The lowest BCUT2D eigenvalue weighted by Crippen LogP contribution is -2.40. The molecular formula is C14H21ClN2O2. The topological polar surface area (TPSA) is 64.4 Å². The molecule has 0 aliphatic carbocycles. The van der Waals surface area contributed by atoms with E-state index < -0.39 is 6.04 Å². The summed E-state index contributed by atoms with van der Waals surface area (Å²) < 4.78 is 5.42. The molecule has 1 aliphatic heterocycles. The summed E-state index contributed by atoms with van der Waals surface area (Å²) in [6.45, 7) is 4.74. The molecule has 1 heterocycles. The Bertz CT molecular complexity index is 451. The number of nitrogens with one attached hydrogen (secondary N) is 1. The van der Waals surface area contributed by atoms with Crippen molar-refractivity contribution in [1.82, 2.24) is 0 Å². The second kappa shape index (κ2) is 6.78. The lowest BCUT2D eigenvalue weighted by Gasteiger charge is -2.17. The number of benzene rings is 1. The molecule has 1 aromatic rings. The zero-order chi connectivity index (χ0) is 13.1. The molecule has 4 nitrogen and oxygen atoms in total. The first kappa shape index (κ1) is 15.8. The van der Waals surface area contributed by atoms with E-state index in [-0.39, 0.29) is 24.2 Å². The molecule has 2 unspecified atom stereocenters. The zero-order valence-electron chi connectivity index (χ0n) is 11.3. The van der Waals surface area contributed by atoms with Gasteiger partial charge in [0.1, 0.15) is 5.75 Å². The van der Waals surface area contributed by atoms with E-state index in [1.54, 1.807) is 0 Å². The third-order valence-corrected chi connectivity index (χ3v) is 3.52. The lowest BCUT2D eigenvalue weighted by molar-refractivity contribution is -0.118. The van der Waals surface area contributed by atoms with Crippen LogP contribution in [-0.2, 0) is 11.2 Å². The molecule has 1 aromatic carbocycles. The Morgan fingerprint density at radius 2 is 2.26 bits per heavy atom. The summed E-state index contributed by atoms with van der Waals surface area (Å²) >= 11 is 0. The number of rotatable bonds is 4. The fraction of sp³-hybridized carbons (Fsp3) is 0.500. The maximum Gasteiger partial charge on any atom is 0.241 e. The Labute approximate surface area is 120 Å². The van der Waals surface area contributed by atoms with Gasteiger partial charge in [-0.25, -0.2) is 0 Å². The maximum absolute atomic E-state index is 11.9. The first-order chi connectivity index (χ1) is 8.61. The Balaban J connectivity index is 0.00000180. The fourth-order valence-corrected chi connectivity index (χ4v) is 2.00. The van der Waals surface area contributed by atoms with Crippen LogP contribution in [-0.4, -0.2) is 18.6 Å². The number of nitrogens with two attached hydrogens (primary N) is 1. The quantitative estimate of drug-likeness (QED) is 0.892. The van der Waals surface area contributed by atoms with E-state index >= 15 is 0 Å². The number of hydrogen-bond acceptors (Lipinski definition) is 3. The molecule has 0 aromatic heterocycles. The van der Waals surface area contributed by atoms with Gasteiger partial charge in [0.25, 0.3) is 0 Å². The maximum atomic E-state index is 11.9. The minimum atomic E-state index is -0.459. The van der Waals surface area contributed by atoms with Crippen LogP contribution in [0.25, 0.3) is 0 Å². The van der Waals surface area contributed by atoms with Crippen LogP contribution in [0.5, 0.6) is 5.75 Å². The Morgan fingerprint density at radius 1 is 1.53 bits per heavy atom. The largest absolute Gasteiger partial charge is 0.493 e. The average molecular weight is 285 g/mol. The molecule has 2 atom stereocenters. The van der Waals surface area contributed by atoms with E-state index in [1.807, 2.05) is 32.0 Å². The van der Waals surface area contributed by atoms with Gasteiger partial charge in [-0.05, 0) is 29.7 Å². The van der Waals surface area contributed by atoms with E-state index in [2.05, 4.69) is 5.32 Å². The molecule has 0 fully saturated rings. The van der Waals surface area contributed by atoms with Crippen molar-refractivity contribution in [1.29, 1.82) is 0 Å². The lowest BCUT2D eigenvalue weighted by atomic mass is 9.99. The van der Waals surface area contributed by atoms with Crippen LogP contribution < -0.4 is 15.8 Å². The van der Waals surface area contributed by atoms with E-state index in [1.165, 1.54) is 0 Å². The minimum Gasteiger partial charge on any atom is -0.493 e. The minimum absolute atomic E-state index is 0. The van der Waals surface area contributed by atoms with Crippen LogP contribution in [0, 0.1) is 5.92 Å². The molecule has 19 heavy (non-hydrogen) atoms. The first-order valence-electron chi connectivity index (χ1n) is 6.44. The molecule has 1 aliphatic rings. The van der Waals surface area contributed by atoms with Crippen LogP contribution >= 0.6 is 12.4 Å². The van der Waals surface area contributed by atoms with Gasteiger partial charge < -0.3 is 15.8 Å². The summed E-state index contributed by atoms with van der Waals surface area (Å²) in [6, 6.07) is 5.25. The third kappa shape index (κ3) is 3.61. The zero-order valence-corrected chi connectivity index (χ0v) is 12.1. The van der Waals surface area contributed by atoms with E-state index in [0.29, 0.717) is 0 Å². The van der Waals surface area contributed by atoms with Crippen molar-refractivity contribution in [2.75, 3.05) is 11.9 Å². The van der Waals surface area contributed by atoms with Crippen molar-refractivity contribution in [3.05, 3.63) is 23.8 Å². The van der Waals surface area contributed by atoms with Gasteiger partial charge >= 0.3 is 0 Å². The second-order valence-electron chi connectivity index (χ2n) is 4.82. The first-order valence-corrected chi connectivity index (χ1v) is 6.44. The van der Waals surface area contributed by atoms with E-state index in [4.69, 9.17) is 10.5 Å². The van der Waals surface area contributed by atoms with Gasteiger partial charge in [0.15, 0.2) is 0 Å². The number of amides is 1. The normalized spacial score (nSPS) is 15.7. The standard InChI is InChI=1S/C14H20N2O2.ClH/c1-3-9(2)13(15)14(17)16-11-4-5-12-10(8-11)6-7-18-12;/h4-5,8-9,13H,3,6-7,15H2,1-2H3,(H,16,17);1H. The molecule has 0 spiro atoms. The summed E-state index contributed by atoms with van der Waals surface area (Å²) in [5.74, 6) is 0.977. The van der Waals surface area contributed by atoms with Crippen LogP contribution in [0.3, 0.4) is 0 Å². The van der Waals surface area contributed by atoms with Crippen LogP contribution in [0.15, 0.2) is 18.2 Å². The van der Waals surface area contributed by atoms with Gasteiger partial charge in [0.2, 0.25) is 5.91 Å². The molecule has 1 amide bonds. The smallest absolute Gasteiger partial charge is 0.241 e. The molecule has 0 saturated heterocycles. The molecular weight excluding hydrogens is 264 g/mol. The number of fused-ring (bicyclic) bond motifs is 1. The van der Waals surface area contributed by atoms with Crippen molar-refractivity contribution in [3.8, 4) is 5.75 Å².